The van der Waals surface area contributed by atoms with Gasteiger partial charge in [0.25, 0.3) is 0 Å². The van der Waals surface area contributed by atoms with Crippen molar-refractivity contribution in [1.82, 2.24) is 14.1 Å². The van der Waals surface area contributed by atoms with Gasteiger partial charge in [-0.05, 0) is 26.7 Å². The fraction of sp³-hybridized carbons (Fsp3) is 0.667. The molecular weight excluding hydrogens is 282 g/mol. The van der Waals surface area contributed by atoms with E-state index in [1.54, 1.807) is 11.6 Å². The lowest BCUT2D eigenvalue weighted by atomic mass is 10.0. The maximum Gasteiger partial charge on any atom is 0.307 e. The van der Waals surface area contributed by atoms with Crippen molar-refractivity contribution >= 4 is 16.0 Å². The smallest absolute Gasteiger partial charge is 0.307 e. The van der Waals surface area contributed by atoms with Crippen molar-refractivity contribution < 1.29 is 18.3 Å². The number of carboxylic acids is 1. The van der Waals surface area contributed by atoms with E-state index in [0.29, 0.717) is 31.6 Å². The van der Waals surface area contributed by atoms with Crippen LogP contribution in [0.15, 0.2) is 11.1 Å². The molecule has 112 valence electrons. The Hall–Kier alpha value is -1.41. The molecular formula is C12H19N3O4S. The summed E-state index contributed by atoms with van der Waals surface area (Å²) in [5.74, 6) is -1.56. The summed E-state index contributed by atoms with van der Waals surface area (Å²) in [5.41, 5.74) is 0.448. The third kappa shape index (κ3) is 2.71. The predicted octanol–water partition coefficient (Wildman–Crippen LogP) is 0.697. The van der Waals surface area contributed by atoms with E-state index in [0.717, 1.165) is 0 Å². The number of nitrogens with zero attached hydrogens (tertiary/aromatic N) is 3. The zero-order chi connectivity index (χ0) is 14.9. The number of hydrogen-bond donors (Lipinski definition) is 1. The zero-order valence-electron chi connectivity index (χ0n) is 11.6. The maximum absolute atomic E-state index is 12.6. The fourth-order valence-electron chi connectivity index (χ4n) is 2.42. The lowest BCUT2D eigenvalue weighted by Gasteiger charge is -2.29. The van der Waals surface area contributed by atoms with Crippen LogP contribution in [-0.2, 0) is 21.4 Å². The molecule has 2 rings (SSSR count). The average Bonchev–Trinajstić information content (AvgIpc) is 2.81. The molecule has 0 unspecified atom stereocenters. The Kier molecular flexibility index (Phi) is 4.14. The standard InChI is InChI=1S/C12H19N3O4S/c1-3-14-8-11(9(2)13-14)20(18,19)15-6-4-5-10(7-15)12(16)17/h8,10H,3-7H2,1-2H3,(H,16,17)/t10-/m0/s1. The van der Waals surface area contributed by atoms with Crippen LogP contribution in [0.4, 0.5) is 0 Å². The molecule has 0 aromatic carbocycles. The first-order valence-corrected chi connectivity index (χ1v) is 8.07. The normalized spacial score (nSPS) is 21.0. The highest BCUT2D eigenvalue weighted by Crippen LogP contribution is 2.25. The monoisotopic (exact) mass is 301 g/mol. The van der Waals surface area contributed by atoms with Crippen LogP contribution in [0.25, 0.3) is 0 Å². The van der Waals surface area contributed by atoms with E-state index in [4.69, 9.17) is 5.11 Å². The van der Waals surface area contributed by atoms with Gasteiger partial charge in [0.2, 0.25) is 10.0 Å². The van der Waals surface area contributed by atoms with Gasteiger partial charge in [-0.2, -0.15) is 9.40 Å². The van der Waals surface area contributed by atoms with Gasteiger partial charge >= 0.3 is 5.97 Å². The number of sulfonamides is 1. The van der Waals surface area contributed by atoms with Gasteiger partial charge in [-0.25, -0.2) is 8.42 Å². The lowest BCUT2D eigenvalue weighted by Crippen LogP contribution is -2.42. The zero-order valence-corrected chi connectivity index (χ0v) is 12.4. The molecule has 1 fully saturated rings. The van der Waals surface area contributed by atoms with Gasteiger partial charge in [0.1, 0.15) is 4.90 Å². The molecule has 7 nitrogen and oxygen atoms in total. The van der Waals surface area contributed by atoms with Gasteiger partial charge in [-0.1, -0.05) is 0 Å². The molecule has 0 amide bonds. The molecule has 2 heterocycles. The van der Waals surface area contributed by atoms with E-state index in [1.807, 2.05) is 6.92 Å². The van der Waals surface area contributed by atoms with Crippen molar-refractivity contribution in [1.29, 1.82) is 0 Å². The number of piperidine rings is 1. The molecule has 1 aliphatic rings. The summed E-state index contributed by atoms with van der Waals surface area (Å²) in [6.07, 6.45) is 2.60. The van der Waals surface area contributed by atoms with E-state index in [1.165, 1.54) is 10.5 Å². The molecule has 1 aromatic heterocycles. The fourth-order valence-corrected chi connectivity index (χ4v) is 4.11. The van der Waals surface area contributed by atoms with Crippen molar-refractivity contribution in [2.24, 2.45) is 5.92 Å². The quantitative estimate of drug-likeness (QED) is 0.883. The minimum atomic E-state index is -3.66. The largest absolute Gasteiger partial charge is 0.481 e. The van der Waals surface area contributed by atoms with Crippen molar-refractivity contribution in [3.8, 4) is 0 Å². The second kappa shape index (κ2) is 5.53. The van der Waals surface area contributed by atoms with Gasteiger partial charge in [0, 0.05) is 25.8 Å². The summed E-state index contributed by atoms with van der Waals surface area (Å²) in [6.45, 7) is 4.52. The van der Waals surface area contributed by atoms with E-state index < -0.39 is 21.9 Å². The third-order valence-corrected chi connectivity index (χ3v) is 5.54. The predicted molar refractivity (Wildman–Crippen MR) is 71.8 cm³/mol. The van der Waals surface area contributed by atoms with Crippen LogP contribution in [0.5, 0.6) is 0 Å². The molecule has 1 atom stereocenters. The second-order valence-electron chi connectivity index (χ2n) is 4.97. The molecule has 0 bridgehead atoms. The highest BCUT2D eigenvalue weighted by atomic mass is 32.2. The van der Waals surface area contributed by atoms with Crippen LogP contribution < -0.4 is 0 Å². The molecule has 1 aromatic rings. The molecule has 0 aliphatic carbocycles. The first-order valence-electron chi connectivity index (χ1n) is 6.63. The molecule has 0 spiro atoms. The first kappa shape index (κ1) is 15.0. The van der Waals surface area contributed by atoms with E-state index >= 15 is 0 Å². The van der Waals surface area contributed by atoms with E-state index in [9.17, 15) is 13.2 Å². The van der Waals surface area contributed by atoms with Crippen molar-refractivity contribution in [3.05, 3.63) is 11.9 Å². The summed E-state index contributed by atoms with van der Waals surface area (Å²) in [5, 5.41) is 13.2. The van der Waals surface area contributed by atoms with Gasteiger partial charge in [0.15, 0.2) is 0 Å². The Morgan fingerprint density at radius 3 is 2.80 bits per heavy atom. The Morgan fingerprint density at radius 2 is 2.25 bits per heavy atom. The Labute approximate surface area is 118 Å². The topological polar surface area (TPSA) is 92.5 Å². The van der Waals surface area contributed by atoms with Crippen molar-refractivity contribution in [2.45, 2.75) is 38.1 Å². The number of aliphatic carboxylic acids is 1. The second-order valence-corrected chi connectivity index (χ2v) is 6.88. The summed E-state index contributed by atoms with van der Waals surface area (Å²) in [4.78, 5) is 11.2. The number of rotatable bonds is 4. The van der Waals surface area contributed by atoms with Crippen LogP contribution in [0, 0.1) is 12.8 Å². The Morgan fingerprint density at radius 1 is 1.55 bits per heavy atom. The van der Waals surface area contributed by atoms with E-state index in [2.05, 4.69) is 5.10 Å². The lowest BCUT2D eigenvalue weighted by molar-refractivity contribution is -0.142. The number of carbonyl (C=O) groups is 1. The SMILES string of the molecule is CCn1cc(S(=O)(=O)N2CCC[C@H](C(=O)O)C2)c(C)n1. The summed E-state index contributed by atoms with van der Waals surface area (Å²) in [7, 11) is -3.66. The highest BCUT2D eigenvalue weighted by molar-refractivity contribution is 7.89. The highest BCUT2D eigenvalue weighted by Gasteiger charge is 2.34. The number of aryl methyl sites for hydroxylation is 2. The molecule has 8 heteroatoms. The molecule has 1 N–H and O–H groups in total. The van der Waals surface area contributed by atoms with Crippen molar-refractivity contribution in [2.75, 3.05) is 13.1 Å². The van der Waals surface area contributed by atoms with E-state index in [-0.39, 0.29) is 11.4 Å². The minimum absolute atomic E-state index is 0.0361. The summed E-state index contributed by atoms with van der Waals surface area (Å²) < 4.78 is 28.0. The summed E-state index contributed by atoms with van der Waals surface area (Å²) >= 11 is 0. The molecule has 1 aliphatic heterocycles. The van der Waals surface area contributed by atoms with Crippen LogP contribution >= 0.6 is 0 Å². The van der Waals surface area contributed by atoms with Gasteiger partial charge in [-0.15, -0.1) is 0 Å². The summed E-state index contributed by atoms with van der Waals surface area (Å²) in [6, 6.07) is 0. The molecule has 1 saturated heterocycles. The van der Waals surface area contributed by atoms with Crippen LogP contribution in [0.2, 0.25) is 0 Å². The molecule has 0 saturated carbocycles. The van der Waals surface area contributed by atoms with Gasteiger partial charge in [0.05, 0.1) is 11.6 Å². The van der Waals surface area contributed by atoms with Gasteiger partial charge < -0.3 is 5.11 Å². The third-order valence-electron chi connectivity index (χ3n) is 3.58. The number of aromatic nitrogens is 2. The number of carboxylic acid groups (broad SMARTS) is 1. The van der Waals surface area contributed by atoms with Crippen LogP contribution in [0.3, 0.4) is 0 Å². The van der Waals surface area contributed by atoms with Gasteiger partial charge in [-0.3, -0.25) is 9.48 Å². The average molecular weight is 301 g/mol. The Balaban J connectivity index is 2.29. The molecule has 20 heavy (non-hydrogen) atoms. The van der Waals surface area contributed by atoms with Crippen LogP contribution in [-0.4, -0.2) is 46.7 Å². The Bertz CT molecular complexity index is 608. The minimum Gasteiger partial charge on any atom is -0.481 e. The molecule has 0 radical (unpaired) electrons. The number of hydrogen-bond acceptors (Lipinski definition) is 4. The van der Waals surface area contributed by atoms with Crippen molar-refractivity contribution in [3.63, 3.8) is 0 Å². The van der Waals surface area contributed by atoms with Crippen LogP contribution in [0.1, 0.15) is 25.5 Å². The first-order chi connectivity index (χ1) is 9.36. The maximum atomic E-state index is 12.6.